The molecule has 0 aliphatic heterocycles. The van der Waals surface area contributed by atoms with Gasteiger partial charge in [0.15, 0.2) is 5.78 Å². The van der Waals surface area contributed by atoms with Gasteiger partial charge in [-0.25, -0.2) is 0 Å². The van der Waals surface area contributed by atoms with Gasteiger partial charge in [0, 0.05) is 5.56 Å². The van der Waals surface area contributed by atoms with E-state index in [4.69, 9.17) is 4.74 Å². The lowest BCUT2D eigenvalue weighted by molar-refractivity contribution is 0.0996. The van der Waals surface area contributed by atoms with Crippen LogP contribution in [0.5, 0.6) is 5.75 Å². The summed E-state index contributed by atoms with van der Waals surface area (Å²) in [6, 6.07) is 17.2. The average molecular weight is 319 g/mol. The Hall–Kier alpha value is -1.61. The summed E-state index contributed by atoms with van der Waals surface area (Å²) < 4.78 is 5.66. The van der Waals surface area contributed by atoms with E-state index < -0.39 is 0 Å². The van der Waals surface area contributed by atoms with Crippen molar-refractivity contribution in [1.29, 1.82) is 0 Å². The van der Waals surface area contributed by atoms with E-state index in [0.717, 1.165) is 11.3 Å². The predicted octanol–water partition coefficient (Wildman–Crippen LogP) is 4.23. The molecule has 0 radical (unpaired) electrons. The average Bonchev–Trinajstić information content (AvgIpc) is 2.46. The molecule has 0 aliphatic rings. The monoisotopic (exact) mass is 318 g/mol. The van der Waals surface area contributed by atoms with E-state index in [2.05, 4.69) is 15.9 Å². The van der Waals surface area contributed by atoms with E-state index in [1.165, 1.54) is 0 Å². The van der Waals surface area contributed by atoms with Crippen LogP contribution in [0.4, 0.5) is 0 Å². The zero-order valence-electron chi connectivity index (χ0n) is 10.7. The minimum Gasteiger partial charge on any atom is -0.489 e. The first-order valence-electron chi connectivity index (χ1n) is 6.12. The van der Waals surface area contributed by atoms with Crippen LogP contribution >= 0.6 is 15.9 Å². The molecular weight excluding hydrogens is 304 g/mol. The molecule has 2 nitrogen and oxygen atoms in total. The van der Waals surface area contributed by atoms with Crippen LogP contribution in [0, 0.1) is 0 Å². The van der Waals surface area contributed by atoms with Crippen LogP contribution < -0.4 is 4.74 Å². The van der Waals surface area contributed by atoms with Gasteiger partial charge in [0.05, 0.1) is 4.83 Å². The van der Waals surface area contributed by atoms with E-state index >= 15 is 0 Å². The first-order valence-corrected chi connectivity index (χ1v) is 7.03. The summed E-state index contributed by atoms with van der Waals surface area (Å²) >= 11 is 3.28. The maximum absolute atomic E-state index is 11.7. The molecule has 19 heavy (non-hydrogen) atoms. The van der Waals surface area contributed by atoms with Crippen LogP contribution in [0.15, 0.2) is 54.6 Å². The zero-order chi connectivity index (χ0) is 13.7. The van der Waals surface area contributed by atoms with E-state index in [9.17, 15) is 4.79 Å². The zero-order valence-corrected chi connectivity index (χ0v) is 12.3. The Morgan fingerprint density at radius 1 is 1.11 bits per heavy atom. The normalized spacial score (nSPS) is 11.9. The van der Waals surface area contributed by atoms with Gasteiger partial charge in [0.1, 0.15) is 12.4 Å². The number of rotatable bonds is 5. The lowest BCUT2D eigenvalue weighted by Gasteiger charge is -2.07. The molecule has 2 aromatic carbocycles. The van der Waals surface area contributed by atoms with Crippen molar-refractivity contribution in [3.63, 3.8) is 0 Å². The van der Waals surface area contributed by atoms with Crippen molar-refractivity contribution in [3.8, 4) is 5.75 Å². The van der Waals surface area contributed by atoms with Crippen molar-refractivity contribution >= 4 is 21.7 Å². The van der Waals surface area contributed by atoms with E-state index in [0.29, 0.717) is 12.2 Å². The molecule has 0 aromatic heterocycles. The van der Waals surface area contributed by atoms with Gasteiger partial charge in [-0.1, -0.05) is 46.3 Å². The van der Waals surface area contributed by atoms with Crippen molar-refractivity contribution in [2.75, 3.05) is 0 Å². The molecule has 1 atom stereocenters. The van der Waals surface area contributed by atoms with Gasteiger partial charge in [-0.3, -0.25) is 4.79 Å². The highest BCUT2D eigenvalue weighted by Crippen LogP contribution is 2.16. The molecule has 0 saturated heterocycles. The second-order valence-electron chi connectivity index (χ2n) is 4.28. The first kappa shape index (κ1) is 13.8. The summed E-state index contributed by atoms with van der Waals surface area (Å²) in [5.41, 5.74) is 1.81. The molecule has 0 fully saturated rings. The fourth-order valence-corrected chi connectivity index (χ4v) is 1.95. The van der Waals surface area contributed by atoms with Crippen LogP contribution in [-0.4, -0.2) is 10.6 Å². The Morgan fingerprint density at radius 3 is 2.32 bits per heavy atom. The highest BCUT2D eigenvalue weighted by Gasteiger charge is 2.11. The number of carbonyl (C=O) groups excluding carboxylic acids is 1. The molecule has 2 aromatic rings. The predicted molar refractivity (Wildman–Crippen MR) is 79.9 cm³/mol. The van der Waals surface area contributed by atoms with E-state index in [-0.39, 0.29) is 10.6 Å². The summed E-state index contributed by atoms with van der Waals surface area (Å²) in [5, 5.41) is 0. The topological polar surface area (TPSA) is 26.3 Å². The van der Waals surface area contributed by atoms with Crippen LogP contribution in [0.2, 0.25) is 0 Å². The molecule has 1 unspecified atom stereocenters. The number of carbonyl (C=O) groups is 1. The third-order valence-electron chi connectivity index (χ3n) is 2.75. The van der Waals surface area contributed by atoms with Crippen molar-refractivity contribution in [3.05, 3.63) is 65.7 Å². The summed E-state index contributed by atoms with van der Waals surface area (Å²) in [6.07, 6.45) is 0. The van der Waals surface area contributed by atoms with Crippen LogP contribution in [0.25, 0.3) is 0 Å². The lowest BCUT2D eigenvalue weighted by atomic mass is 10.1. The Morgan fingerprint density at radius 2 is 1.74 bits per heavy atom. The Bertz CT molecular complexity index is 532. The van der Waals surface area contributed by atoms with Gasteiger partial charge in [-0.05, 0) is 36.8 Å². The smallest absolute Gasteiger partial charge is 0.176 e. The van der Waals surface area contributed by atoms with Crippen LogP contribution in [0.3, 0.4) is 0 Å². The molecule has 0 N–H and O–H groups in total. The van der Waals surface area contributed by atoms with Gasteiger partial charge in [0.25, 0.3) is 0 Å². The maximum atomic E-state index is 11.7. The fourth-order valence-electron chi connectivity index (χ4n) is 1.69. The number of halogens is 1. The van der Waals surface area contributed by atoms with Crippen molar-refractivity contribution in [1.82, 2.24) is 0 Å². The molecule has 0 heterocycles. The quantitative estimate of drug-likeness (QED) is 0.609. The number of ketones is 1. The molecule has 98 valence electrons. The number of hydrogen-bond donors (Lipinski definition) is 0. The number of benzene rings is 2. The molecule has 2 rings (SSSR count). The molecule has 0 spiro atoms. The van der Waals surface area contributed by atoms with Gasteiger partial charge >= 0.3 is 0 Å². The van der Waals surface area contributed by atoms with E-state index in [1.807, 2.05) is 49.4 Å². The van der Waals surface area contributed by atoms with Gasteiger partial charge in [0.2, 0.25) is 0 Å². The van der Waals surface area contributed by atoms with Gasteiger partial charge in [-0.2, -0.15) is 0 Å². The molecule has 0 aliphatic carbocycles. The second-order valence-corrected chi connectivity index (χ2v) is 5.65. The number of Topliss-reactive ketones (excluding diaryl/α,β-unsaturated/α-hetero) is 1. The van der Waals surface area contributed by atoms with Crippen molar-refractivity contribution < 1.29 is 9.53 Å². The number of hydrogen-bond acceptors (Lipinski definition) is 2. The van der Waals surface area contributed by atoms with Crippen molar-refractivity contribution in [2.45, 2.75) is 18.4 Å². The minimum absolute atomic E-state index is 0.0783. The Kier molecular flexibility index (Phi) is 4.74. The van der Waals surface area contributed by atoms with Crippen molar-refractivity contribution in [2.24, 2.45) is 0 Å². The van der Waals surface area contributed by atoms with Crippen LogP contribution in [0.1, 0.15) is 22.8 Å². The molecule has 3 heteroatoms. The van der Waals surface area contributed by atoms with Crippen LogP contribution in [-0.2, 0) is 6.61 Å². The van der Waals surface area contributed by atoms with Gasteiger partial charge in [-0.15, -0.1) is 0 Å². The maximum Gasteiger partial charge on any atom is 0.176 e. The SMILES string of the molecule is CC(Br)C(=O)c1ccc(OCc2ccccc2)cc1. The molecule has 0 amide bonds. The third kappa shape index (κ3) is 3.93. The van der Waals surface area contributed by atoms with Gasteiger partial charge < -0.3 is 4.74 Å². The standard InChI is InChI=1S/C16H15BrO2/c1-12(17)16(18)14-7-9-15(10-8-14)19-11-13-5-3-2-4-6-13/h2-10,12H,11H2,1H3. The number of alkyl halides is 1. The second kappa shape index (κ2) is 6.53. The Labute approximate surface area is 121 Å². The van der Waals surface area contributed by atoms with E-state index in [1.54, 1.807) is 12.1 Å². The highest BCUT2D eigenvalue weighted by molar-refractivity contribution is 9.10. The first-order chi connectivity index (χ1) is 9.16. The third-order valence-corrected chi connectivity index (χ3v) is 3.16. The Balaban J connectivity index is 1.98. The molecule has 0 saturated carbocycles. The summed E-state index contributed by atoms with van der Waals surface area (Å²) in [4.78, 5) is 11.6. The highest BCUT2D eigenvalue weighted by atomic mass is 79.9. The largest absolute Gasteiger partial charge is 0.489 e. The lowest BCUT2D eigenvalue weighted by Crippen LogP contribution is -2.09. The minimum atomic E-state index is -0.163. The number of ether oxygens (including phenoxy) is 1. The molecular formula is C16H15BrO2. The summed E-state index contributed by atoms with van der Waals surface area (Å²) in [7, 11) is 0. The fraction of sp³-hybridized carbons (Fsp3) is 0.188. The summed E-state index contributed by atoms with van der Waals surface area (Å²) in [5.74, 6) is 0.845. The summed E-state index contributed by atoms with van der Waals surface area (Å²) in [6.45, 7) is 2.35. The molecule has 0 bridgehead atoms.